The van der Waals surface area contributed by atoms with Crippen LogP contribution in [0.5, 0.6) is 0 Å². The number of sulfonamides is 1. The van der Waals surface area contributed by atoms with Crippen molar-refractivity contribution in [3.05, 3.63) is 77.4 Å². The van der Waals surface area contributed by atoms with Gasteiger partial charge in [0.15, 0.2) is 0 Å². The van der Waals surface area contributed by atoms with Gasteiger partial charge in [-0.2, -0.15) is 5.10 Å². The molecule has 29 heavy (non-hydrogen) atoms. The lowest BCUT2D eigenvalue weighted by Gasteiger charge is -2.17. The van der Waals surface area contributed by atoms with E-state index in [4.69, 9.17) is 0 Å². The largest absolute Gasteiger partial charge is 0.337 e. The normalized spacial score (nSPS) is 11.3. The molecule has 0 aliphatic heterocycles. The number of carbonyl (C=O) groups is 1. The van der Waals surface area contributed by atoms with Gasteiger partial charge >= 0.3 is 0 Å². The van der Waals surface area contributed by atoms with Crippen molar-refractivity contribution in [2.75, 3.05) is 11.8 Å². The molecular weight excluding hydrogens is 395 g/mol. The quantitative estimate of drug-likeness (QED) is 0.670. The Balaban J connectivity index is 1.77. The zero-order valence-corrected chi connectivity index (χ0v) is 17.1. The van der Waals surface area contributed by atoms with E-state index in [0.717, 1.165) is 11.6 Å². The predicted molar refractivity (Wildman–Crippen MR) is 107 cm³/mol. The second-order valence-electron chi connectivity index (χ2n) is 6.78. The van der Waals surface area contributed by atoms with Crippen LogP contribution in [0.25, 0.3) is 0 Å². The summed E-state index contributed by atoms with van der Waals surface area (Å²) in [6.45, 7) is 1.92. The topological polar surface area (TPSA) is 84.3 Å². The molecule has 2 aromatic carbocycles. The number of halogens is 1. The number of amides is 1. The molecule has 1 heterocycles. The van der Waals surface area contributed by atoms with Crippen molar-refractivity contribution in [2.24, 2.45) is 7.05 Å². The highest BCUT2D eigenvalue weighted by Gasteiger charge is 2.18. The number of hydrogen-bond donors (Lipinski definition) is 1. The first-order chi connectivity index (χ1) is 13.7. The van der Waals surface area contributed by atoms with Crippen molar-refractivity contribution in [1.29, 1.82) is 0 Å². The molecule has 1 amide bonds. The van der Waals surface area contributed by atoms with E-state index in [1.165, 1.54) is 29.2 Å². The standard InChI is InChI=1S/C20H21FN4O3S/c1-14-7-8-18(10-19(14)21)29(27,28)23-17-6-4-5-16(9-17)20(26)24(2)12-15-11-22-25(3)13-15/h4-11,13,23H,12H2,1-3H3. The second-order valence-corrected chi connectivity index (χ2v) is 8.46. The number of aryl methyl sites for hydroxylation is 2. The Morgan fingerprint density at radius 1 is 1.24 bits per heavy atom. The van der Waals surface area contributed by atoms with E-state index < -0.39 is 15.8 Å². The van der Waals surface area contributed by atoms with Crippen LogP contribution in [0.3, 0.4) is 0 Å². The molecule has 0 saturated heterocycles. The number of benzene rings is 2. The fourth-order valence-electron chi connectivity index (χ4n) is 2.79. The lowest BCUT2D eigenvalue weighted by atomic mass is 10.1. The highest BCUT2D eigenvalue weighted by molar-refractivity contribution is 7.92. The van der Waals surface area contributed by atoms with Crippen molar-refractivity contribution in [3.63, 3.8) is 0 Å². The Kier molecular flexibility index (Phi) is 5.69. The number of aromatic nitrogens is 2. The van der Waals surface area contributed by atoms with Gasteiger partial charge in [-0.1, -0.05) is 12.1 Å². The van der Waals surface area contributed by atoms with Crippen LogP contribution in [0.15, 0.2) is 59.8 Å². The van der Waals surface area contributed by atoms with Crippen LogP contribution in [-0.4, -0.2) is 36.1 Å². The summed E-state index contributed by atoms with van der Waals surface area (Å²) in [4.78, 5) is 14.0. The average Bonchev–Trinajstić information content (AvgIpc) is 3.07. The zero-order valence-electron chi connectivity index (χ0n) is 16.3. The van der Waals surface area contributed by atoms with Crippen LogP contribution >= 0.6 is 0 Å². The molecule has 0 bridgehead atoms. The van der Waals surface area contributed by atoms with Crippen LogP contribution in [0.2, 0.25) is 0 Å². The van der Waals surface area contributed by atoms with Crippen LogP contribution in [-0.2, 0) is 23.6 Å². The summed E-state index contributed by atoms with van der Waals surface area (Å²) in [5.74, 6) is -0.870. The van der Waals surface area contributed by atoms with Gasteiger partial charge in [0.25, 0.3) is 15.9 Å². The summed E-state index contributed by atoms with van der Waals surface area (Å²) in [6, 6.07) is 9.86. The number of hydrogen-bond acceptors (Lipinski definition) is 4. The number of carbonyl (C=O) groups excluding carboxylic acids is 1. The molecule has 1 N–H and O–H groups in total. The maximum atomic E-state index is 13.7. The minimum absolute atomic E-state index is 0.189. The monoisotopic (exact) mass is 416 g/mol. The van der Waals surface area contributed by atoms with Crippen molar-refractivity contribution in [1.82, 2.24) is 14.7 Å². The summed E-state index contributed by atoms with van der Waals surface area (Å²) in [5.41, 5.74) is 1.77. The molecule has 0 radical (unpaired) electrons. The summed E-state index contributed by atoms with van der Waals surface area (Å²) < 4.78 is 42.9. The molecule has 0 atom stereocenters. The molecule has 7 nitrogen and oxygen atoms in total. The molecule has 3 rings (SSSR count). The molecular formula is C20H21FN4O3S. The lowest BCUT2D eigenvalue weighted by Crippen LogP contribution is -2.26. The first-order valence-corrected chi connectivity index (χ1v) is 10.3. The SMILES string of the molecule is Cc1ccc(S(=O)(=O)Nc2cccc(C(=O)N(C)Cc3cnn(C)c3)c2)cc1F. The average molecular weight is 416 g/mol. The number of rotatable bonds is 6. The van der Waals surface area contributed by atoms with Gasteiger partial charge in [-0.3, -0.25) is 14.2 Å². The maximum absolute atomic E-state index is 13.7. The fraction of sp³-hybridized carbons (Fsp3) is 0.200. The Bertz CT molecular complexity index is 1160. The molecule has 0 unspecified atom stereocenters. The molecule has 1 aromatic heterocycles. The third kappa shape index (κ3) is 4.80. The lowest BCUT2D eigenvalue weighted by molar-refractivity contribution is 0.0785. The van der Waals surface area contributed by atoms with Gasteiger partial charge in [-0.05, 0) is 42.8 Å². The maximum Gasteiger partial charge on any atom is 0.261 e. The van der Waals surface area contributed by atoms with Gasteiger partial charge in [0, 0.05) is 43.7 Å². The summed E-state index contributed by atoms with van der Waals surface area (Å²) in [7, 11) is -0.541. The van der Waals surface area contributed by atoms with Crippen LogP contribution in [0, 0.1) is 12.7 Å². The zero-order chi connectivity index (χ0) is 21.2. The van der Waals surface area contributed by atoms with Gasteiger partial charge in [0.05, 0.1) is 11.1 Å². The summed E-state index contributed by atoms with van der Waals surface area (Å²) in [6.07, 6.45) is 3.49. The van der Waals surface area contributed by atoms with E-state index in [2.05, 4.69) is 9.82 Å². The third-order valence-electron chi connectivity index (χ3n) is 4.34. The van der Waals surface area contributed by atoms with Gasteiger partial charge in [-0.15, -0.1) is 0 Å². The first kappa shape index (κ1) is 20.5. The molecule has 152 valence electrons. The second kappa shape index (κ2) is 8.04. The van der Waals surface area contributed by atoms with Gasteiger partial charge in [0.1, 0.15) is 5.82 Å². The Morgan fingerprint density at radius 3 is 2.66 bits per heavy atom. The molecule has 0 aliphatic carbocycles. The number of nitrogens with one attached hydrogen (secondary N) is 1. The Hall–Kier alpha value is -3.20. The highest BCUT2D eigenvalue weighted by atomic mass is 32.2. The van der Waals surface area contributed by atoms with E-state index in [0.29, 0.717) is 17.7 Å². The minimum Gasteiger partial charge on any atom is -0.337 e. The Morgan fingerprint density at radius 2 is 2.00 bits per heavy atom. The Labute approximate surface area is 168 Å². The van der Waals surface area contributed by atoms with E-state index in [1.54, 1.807) is 44.0 Å². The molecule has 0 spiro atoms. The molecule has 3 aromatic rings. The minimum atomic E-state index is -3.99. The fourth-order valence-corrected chi connectivity index (χ4v) is 3.85. The van der Waals surface area contributed by atoms with E-state index in [9.17, 15) is 17.6 Å². The van der Waals surface area contributed by atoms with Crippen molar-refractivity contribution >= 4 is 21.6 Å². The summed E-state index contributed by atoms with van der Waals surface area (Å²) >= 11 is 0. The third-order valence-corrected chi connectivity index (χ3v) is 5.72. The predicted octanol–water partition coefficient (Wildman–Crippen LogP) is 2.94. The van der Waals surface area contributed by atoms with Crippen LogP contribution in [0.4, 0.5) is 10.1 Å². The molecule has 0 aliphatic rings. The van der Waals surface area contributed by atoms with Crippen molar-refractivity contribution < 1.29 is 17.6 Å². The van der Waals surface area contributed by atoms with E-state index in [-0.39, 0.29) is 16.5 Å². The van der Waals surface area contributed by atoms with Gasteiger partial charge in [0.2, 0.25) is 0 Å². The van der Waals surface area contributed by atoms with Crippen LogP contribution < -0.4 is 4.72 Å². The van der Waals surface area contributed by atoms with Gasteiger partial charge in [-0.25, -0.2) is 12.8 Å². The van der Waals surface area contributed by atoms with E-state index >= 15 is 0 Å². The number of anilines is 1. The first-order valence-electron chi connectivity index (χ1n) is 8.78. The van der Waals surface area contributed by atoms with Crippen LogP contribution in [0.1, 0.15) is 21.5 Å². The van der Waals surface area contributed by atoms with Crippen molar-refractivity contribution in [3.8, 4) is 0 Å². The van der Waals surface area contributed by atoms with Crippen molar-refractivity contribution in [2.45, 2.75) is 18.4 Å². The van der Waals surface area contributed by atoms with Gasteiger partial charge < -0.3 is 4.90 Å². The molecule has 0 fully saturated rings. The highest BCUT2D eigenvalue weighted by Crippen LogP contribution is 2.20. The molecule has 0 saturated carbocycles. The summed E-state index contributed by atoms with van der Waals surface area (Å²) in [5, 5.41) is 4.07. The number of nitrogens with zero attached hydrogens (tertiary/aromatic N) is 3. The smallest absolute Gasteiger partial charge is 0.261 e. The molecule has 9 heteroatoms. The van der Waals surface area contributed by atoms with E-state index in [1.807, 2.05) is 6.20 Å².